The topological polar surface area (TPSA) is 73.4 Å². The van der Waals surface area contributed by atoms with E-state index in [9.17, 15) is 4.79 Å². The Kier molecular flexibility index (Phi) is 6.89. The molecule has 0 aliphatic heterocycles. The highest BCUT2D eigenvalue weighted by molar-refractivity contribution is 5.92. The molecule has 0 aromatic carbocycles. The Balaban J connectivity index is 2.47. The second kappa shape index (κ2) is 8.44. The molecule has 1 heterocycles. The summed E-state index contributed by atoms with van der Waals surface area (Å²) in [4.78, 5) is 24.1. The Labute approximate surface area is 120 Å². The van der Waals surface area contributed by atoms with Crippen LogP contribution >= 0.6 is 0 Å². The lowest BCUT2D eigenvalue weighted by atomic mass is 10.3. The summed E-state index contributed by atoms with van der Waals surface area (Å²) in [5.74, 6) is 0.490. The van der Waals surface area contributed by atoms with Gasteiger partial charge in [0.15, 0.2) is 0 Å². The van der Waals surface area contributed by atoms with Crippen molar-refractivity contribution >= 4 is 11.7 Å². The van der Waals surface area contributed by atoms with Crippen LogP contribution in [0, 0.1) is 0 Å². The van der Waals surface area contributed by atoms with Gasteiger partial charge in [-0.05, 0) is 28.2 Å². The summed E-state index contributed by atoms with van der Waals surface area (Å²) in [6, 6.07) is 1.67. The fourth-order valence-corrected chi connectivity index (χ4v) is 1.47. The monoisotopic (exact) mass is 280 g/mol. The maximum Gasteiger partial charge on any atom is 0.270 e. The van der Waals surface area contributed by atoms with Crippen molar-refractivity contribution in [3.05, 3.63) is 18.1 Å². The van der Waals surface area contributed by atoms with Crippen molar-refractivity contribution in [3.8, 4) is 0 Å². The van der Waals surface area contributed by atoms with Gasteiger partial charge < -0.3 is 20.4 Å². The summed E-state index contributed by atoms with van der Waals surface area (Å²) in [6.07, 6.45) is 1.40. The molecule has 2 N–H and O–H groups in total. The molecule has 0 aliphatic rings. The quantitative estimate of drug-likeness (QED) is 0.683. The van der Waals surface area contributed by atoms with E-state index in [1.807, 2.05) is 33.1 Å². The first kappa shape index (κ1) is 16.3. The van der Waals surface area contributed by atoms with Crippen molar-refractivity contribution in [2.45, 2.75) is 0 Å². The third-order valence-electron chi connectivity index (χ3n) is 2.61. The number of nitrogens with zero attached hydrogens (tertiary/aromatic N) is 4. The molecule has 0 atom stereocenters. The van der Waals surface area contributed by atoms with Gasteiger partial charge in [0, 0.05) is 32.2 Å². The molecule has 0 saturated carbocycles. The zero-order chi connectivity index (χ0) is 15.0. The van der Waals surface area contributed by atoms with Crippen LogP contribution in [-0.4, -0.2) is 80.0 Å². The number of nitrogens with one attached hydrogen (secondary N) is 2. The first-order valence-corrected chi connectivity index (χ1v) is 6.62. The van der Waals surface area contributed by atoms with Gasteiger partial charge in [0.25, 0.3) is 5.91 Å². The molecule has 0 bridgehead atoms. The van der Waals surface area contributed by atoms with E-state index in [2.05, 4.69) is 25.5 Å². The minimum atomic E-state index is -0.176. The van der Waals surface area contributed by atoms with Crippen LogP contribution < -0.4 is 10.6 Å². The van der Waals surface area contributed by atoms with E-state index in [0.717, 1.165) is 19.6 Å². The molecule has 0 radical (unpaired) electrons. The zero-order valence-corrected chi connectivity index (χ0v) is 12.7. The highest BCUT2D eigenvalue weighted by Crippen LogP contribution is 2.03. The number of aromatic nitrogens is 2. The normalized spacial score (nSPS) is 10.9. The van der Waals surface area contributed by atoms with Crippen molar-refractivity contribution in [2.75, 3.05) is 59.7 Å². The zero-order valence-electron chi connectivity index (χ0n) is 12.7. The molecule has 1 aromatic rings. The number of likely N-dealkylation sites (N-methyl/N-ethyl adjacent to an activating group) is 2. The molecule has 1 amide bonds. The van der Waals surface area contributed by atoms with E-state index in [0.29, 0.717) is 18.1 Å². The minimum absolute atomic E-state index is 0.176. The van der Waals surface area contributed by atoms with Crippen LogP contribution in [0.4, 0.5) is 5.82 Å². The Morgan fingerprint density at radius 1 is 1.10 bits per heavy atom. The molecule has 0 fully saturated rings. The smallest absolute Gasteiger partial charge is 0.270 e. The van der Waals surface area contributed by atoms with Gasteiger partial charge in [0.05, 0.1) is 0 Å². The van der Waals surface area contributed by atoms with E-state index in [-0.39, 0.29) is 5.91 Å². The molecule has 0 spiro atoms. The Morgan fingerprint density at radius 2 is 1.75 bits per heavy atom. The first-order chi connectivity index (χ1) is 9.49. The van der Waals surface area contributed by atoms with Crippen molar-refractivity contribution in [2.24, 2.45) is 0 Å². The van der Waals surface area contributed by atoms with Gasteiger partial charge >= 0.3 is 0 Å². The van der Waals surface area contributed by atoms with Crippen molar-refractivity contribution in [3.63, 3.8) is 0 Å². The lowest BCUT2D eigenvalue weighted by Crippen LogP contribution is -2.31. The largest absolute Gasteiger partial charge is 0.369 e. The number of hydrogen-bond acceptors (Lipinski definition) is 6. The fraction of sp³-hybridized carbons (Fsp3) is 0.615. The van der Waals surface area contributed by atoms with E-state index in [4.69, 9.17) is 0 Å². The van der Waals surface area contributed by atoms with Gasteiger partial charge in [0.2, 0.25) is 0 Å². The molecule has 20 heavy (non-hydrogen) atoms. The summed E-state index contributed by atoms with van der Waals surface area (Å²) in [5, 5.41) is 5.99. The standard InChI is InChI=1S/C13H24N6O/c1-18(2)7-5-14-12-9-11(16-10-17-12)13(20)15-6-8-19(3)4/h9-10H,5-8H2,1-4H3,(H,15,20)(H,14,16,17). The van der Waals surface area contributed by atoms with Crippen molar-refractivity contribution < 1.29 is 4.79 Å². The van der Waals surface area contributed by atoms with E-state index >= 15 is 0 Å². The van der Waals surface area contributed by atoms with Crippen molar-refractivity contribution in [1.82, 2.24) is 25.1 Å². The maximum atomic E-state index is 11.9. The number of rotatable bonds is 8. The lowest BCUT2D eigenvalue weighted by molar-refractivity contribution is 0.0946. The second-order valence-electron chi connectivity index (χ2n) is 5.08. The molecular formula is C13H24N6O. The summed E-state index contributed by atoms with van der Waals surface area (Å²) in [6.45, 7) is 3.06. The third kappa shape index (κ3) is 6.44. The molecule has 0 unspecified atom stereocenters. The Morgan fingerprint density at radius 3 is 2.40 bits per heavy atom. The Bertz CT molecular complexity index is 421. The number of amides is 1. The maximum absolute atomic E-state index is 11.9. The van der Waals surface area contributed by atoms with Gasteiger partial charge in [-0.15, -0.1) is 0 Å². The van der Waals surface area contributed by atoms with Crippen LogP contribution in [0.5, 0.6) is 0 Å². The van der Waals surface area contributed by atoms with Crippen LogP contribution in [0.1, 0.15) is 10.5 Å². The predicted octanol–water partition coefficient (Wildman–Crippen LogP) is -0.258. The van der Waals surface area contributed by atoms with E-state index in [1.165, 1.54) is 6.33 Å². The molecule has 0 saturated heterocycles. The highest BCUT2D eigenvalue weighted by Gasteiger charge is 2.08. The van der Waals surface area contributed by atoms with Gasteiger partial charge in [-0.2, -0.15) is 0 Å². The van der Waals surface area contributed by atoms with Gasteiger partial charge in [0.1, 0.15) is 17.8 Å². The molecule has 1 rings (SSSR count). The van der Waals surface area contributed by atoms with Gasteiger partial charge in [-0.3, -0.25) is 4.79 Å². The average molecular weight is 280 g/mol. The molecule has 112 valence electrons. The summed E-state index contributed by atoms with van der Waals surface area (Å²) in [7, 11) is 7.93. The minimum Gasteiger partial charge on any atom is -0.369 e. The van der Waals surface area contributed by atoms with Crippen LogP contribution in [0.15, 0.2) is 12.4 Å². The average Bonchev–Trinajstić information content (AvgIpc) is 2.38. The van der Waals surface area contributed by atoms with Crippen molar-refractivity contribution in [1.29, 1.82) is 0 Å². The highest BCUT2D eigenvalue weighted by atomic mass is 16.1. The van der Waals surface area contributed by atoms with E-state index in [1.54, 1.807) is 6.07 Å². The fourth-order valence-electron chi connectivity index (χ4n) is 1.47. The number of carbonyl (C=O) groups excluding carboxylic acids is 1. The molecular weight excluding hydrogens is 256 g/mol. The van der Waals surface area contributed by atoms with Crippen LogP contribution in [0.2, 0.25) is 0 Å². The van der Waals surface area contributed by atoms with Crippen LogP contribution in [0.3, 0.4) is 0 Å². The number of carbonyl (C=O) groups is 1. The summed E-state index contributed by atoms with van der Waals surface area (Å²) >= 11 is 0. The summed E-state index contributed by atoms with van der Waals surface area (Å²) < 4.78 is 0. The number of hydrogen-bond donors (Lipinski definition) is 2. The molecule has 1 aromatic heterocycles. The van der Waals surface area contributed by atoms with Gasteiger partial charge in [-0.1, -0.05) is 0 Å². The Hall–Kier alpha value is -1.73. The molecule has 0 aliphatic carbocycles. The van der Waals surface area contributed by atoms with Crippen LogP contribution in [-0.2, 0) is 0 Å². The SMILES string of the molecule is CN(C)CCNC(=O)c1cc(NCCN(C)C)ncn1. The van der Waals surface area contributed by atoms with Crippen LogP contribution in [0.25, 0.3) is 0 Å². The second-order valence-corrected chi connectivity index (χ2v) is 5.08. The number of anilines is 1. The molecule has 7 nitrogen and oxygen atoms in total. The predicted molar refractivity (Wildman–Crippen MR) is 80.0 cm³/mol. The summed E-state index contributed by atoms with van der Waals surface area (Å²) in [5.41, 5.74) is 0.381. The third-order valence-corrected chi connectivity index (χ3v) is 2.61. The van der Waals surface area contributed by atoms with Gasteiger partial charge in [-0.25, -0.2) is 9.97 Å². The van der Waals surface area contributed by atoms with E-state index < -0.39 is 0 Å². The first-order valence-electron chi connectivity index (χ1n) is 6.62. The lowest BCUT2D eigenvalue weighted by Gasteiger charge is -2.12. The molecule has 7 heteroatoms.